The zero-order valence-electron chi connectivity index (χ0n) is 8.29. The maximum absolute atomic E-state index is 12.6. The van der Waals surface area contributed by atoms with E-state index >= 15 is 0 Å². The third-order valence-corrected chi connectivity index (χ3v) is 2.48. The average molecular weight is 208 g/mol. The summed E-state index contributed by atoms with van der Waals surface area (Å²) in [4.78, 5) is 11.4. The molecule has 0 bridgehead atoms. The molecule has 0 unspecified atom stereocenters. The fourth-order valence-electron chi connectivity index (χ4n) is 1.67. The number of rotatable bonds is 2. The summed E-state index contributed by atoms with van der Waals surface area (Å²) in [5, 5.41) is 5.91. The summed E-state index contributed by atoms with van der Waals surface area (Å²) in [7, 11) is 0. The SMILES string of the molecule is O=C1NCCN[C@@H]1Cc1ccc(F)cc1. The smallest absolute Gasteiger partial charge is 0.237 e. The van der Waals surface area contributed by atoms with Crippen LogP contribution in [-0.2, 0) is 11.2 Å². The summed E-state index contributed by atoms with van der Waals surface area (Å²) in [6, 6.07) is 6.05. The molecule has 15 heavy (non-hydrogen) atoms. The van der Waals surface area contributed by atoms with Crippen LogP contribution in [0.2, 0.25) is 0 Å². The Morgan fingerprint density at radius 2 is 2.00 bits per heavy atom. The molecule has 0 aromatic heterocycles. The molecule has 2 N–H and O–H groups in total. The van der Waals surface area contributed by atoms with Gasteiger partial charge in [0.1, 0.15) is 5.82 Å². The van der Waals surface area contributed by atoms with E-state index in [4.69, 9.17) is 0 Å². The van der Waals surface area contributed by atoms with E-state index in [2.05, 4.69) is 10.6 Å². The van der Waals surface area contributed by atoms with Gasteiger partial charge in [-0.15, -0.1) is 0 Å². The van der Waals surface area contributed by atoms with E-state index in [0.717, 1.165) is 12.1 Å². The van der Waals surface area contributed by atoms with Crippen molar-refractivity contribution in [3.63, 3.8) is 0 Å². The number of amides is 1. The van der Waals surface area contributed by atoms with Crippen molar-refractivity contribution in [2.45, 2.75) is 12.5 Å². The Morgan fingerprint density at radius 1 is 1.27 bits per heavy atom. The highest BCUT2D eigenvalue weighted by Gasteiger charge is 2.21. The van der Waals surface area contributed by atoms with Gasteiger partial charge in [0, 0.05) is 13.1 Å². The van der Waals surface area contributed by atoms with Crippen molar-refractivity contribution < 1.29 is 9.18 Å². The molecule has 4 heteroatoms. The molecule has 1 fully saturated rings. The molecule has 80 valence electrons. The summed E-state index contributed by atoms with van der Waals surface area (Å²) in [6.45, 7) is 1.47. The third-order valence-electron chi connectivity index (χ3n) is 2.48. The second-order valence-electron chi connectivity index (χ2n) is 3.63. The molecule has 3 nitrogen and oxygen atoms in total. The van der Waals surface area contributed by atoms with Crippen LogP contribution in [-0.4, -0.2) is 25.0 Å². The molecular weight excluding hydrogens is 195 g/mol. The van der Waals surface area contributed by atoms with E-state index in [1.807, 2.05) is 0 Å². The van der Waals surface area contributed by atoms with Gasteiger partial charge in [0.2, 0.25) is 5.91 Å². The average Bonchev–Trinajstić information content (AvgIpc) is 2.25. The van der Waals surface area contributed by atoms with Crippen molar-refractivity contribution in [3.05, 3.63) is 35.6 Å². The first-order valence-electron chi connectivity index (χ1n) is 5.01. The van der Waals surface area contributed by atoms with Gasteiger partial charge in [0.15, 0.2) is 0 Å². The Labute approximate surface area is 87.7 Å². The Kier molecular flexibility index (Phi) is 2.97. The van der Waals surface area contributed by atoms with Crippen LogP contribution in [0.5, 0.6) is 0 Å². The molecular formula is C11H13FN2O. The zero-order chi connectivity index (χ0) is 10.7. The standard InChI is InChI=1S/C11H13FN2O/c12-9-3-1-8(2-4-9)7-10-11(15)14-6-5-13-10/h1-4,10,13H,5-7H2,(H,14,15)/t10-/m1/s1. The predicted molar refractivity (Wildman–Crippen MR) is 54.9 cm³/mol. The maximum Gasteiger partial charge on any atom is 0.237 e. The molecule has 1 aliphatic rings. The van der Waals surface area contributed by atoms with E-state index in [1.165, 1.54) is 12.1 Å². The molecule has 0 aliphatic carbocycles. The molecule has 1 aliphatic heterocycles. The second-order valence-corrected chi connectivity index (χ2v) is 3.63. The fourth-order valence-corrected chi connectivity index (χ4v) is 1.67. The first kappa shape index (κ1) is 10.1. The lowest BCUT2D eigenvalue weighted by atomic mass is 10.0. The molecule has 1 aromatic rings. The number of benzene rings is 1. The number of nitrogens with one attached hydrogen (secondary N) is 2. The van der Waals surface area contributed by atoms with Crippen LogP contribution in [0, 0.1) is 5.82 Å². The van der Waals surface area contributed by atoms with Crippen LogP contribution in [0.15, 0.2) is 24.3 Å². The van der Waals surface area contributed by atoms with Crippen molar-refractivity contribution in [3.8, 4) is 0 Å². The van der Waals surface area contributed by atoms with Crippen LogP contribution in [0.1, 0.15) is 5.56 Å². The van der Waals surface area contributed by atoms with E-state index in [0.29, 0.717) is 13.0 Å². The second kappa shape index (κ2) is 4.40. The van der Waals surface area contributed by atoms with E-state index in [1.54, 1.807) is 12.1 Å². The van der Waals surface area contributed by atoms with Crippen LogP contribution in [0.25, 0.3) is 0 Å². The first-order chi connectivity index (χ1) is 7.25. The predicted octanol–water partition coefficient (Wildman–Crippen LogP) is 0.456. The van der Waals surface area contributed by atoms with Crippen molar-refractivity contribution in [2.24, 2.45) is 0 Å². The van der Waals surface area contributed by atoms with Crippen molar-refractivity contribution >= 4 is 5.91 Å². The fraction of sp³-hybridized carbons (Fsp3) is 0.364. The normalized spacial score (nSPS) is 21.1. The third kappa shape index (κ3) is 2.53. The number of carbonyl (C=O) groups is 1. The molecule has 2 rings (SSSR count). The van der Waals surface area contributed by atoms with Gasteiger partial charge >= 0.3 is 0 Å². The highest BCUT2D eigenvalue weighted by Crippen LogP contribution is 2.06. The summed E-state index contributed by atoms with van der Waals surface area (Å²) < 4.78 is 12.6. The van der Waals surface area contributed by atoms with Crippen LogP contribution < -0.4 is 10.6 Å². The largest absolute Gasteiger partial charge is 0.353 e. The van der Waals surface area contributed by atoms with Gasteiger partial charge < -0.3 is 10.6 Å². The highest BCUT2D eigenvalue weighted by molar-refractivity contribution is 5.82. The van der Waals surface area contributed by atoms with E-state index < -0.39 is 0 Å². The lowest BCUT2D eigenvalue weighted by Crippen LogP contribution is -2.53. The molecule has 0 spiro atoms. The number of carbonyl (C=O) groups excluding carboxylic acids is 1. The lowest BCUT2D eigenvalue weighted by molar-refractivity contribution is -0.124. The van der Waals surface area contributed by atoms with E-state index in [9.17, 15) is 9.18 Å². The molecule has 1 amide bonds. The number of hydrogen-bond donors (Lipinski definition) is 2. The van der Waals surface area contributed by atoms with Crippen LogP contribution >= 0.6 is 0 Å². The number of halogens is 1. The monoisotopic (exact) mass is 208 g/mol. The summed E-state index contributed by atoms with van der Waals surface area (Å²) >= 11 is 0. The summed E-state index contributed by atoms with van der Waals surface area (Å²) in [6.07, 6.45) is 0.603. The molecule has 1 heterocycles. The molecule has 1 saturated heterocycles. The van der Waals surface area contributed by atoms with Crippen LogP contribution in [0.4, 0.5) is 4.39 Å². The van der Waals surface area contributed by atoms with Gasteiger partial charge in [0.25, 0.3) is 0 Å². The Hall–Kier alpha value is -1.42. The van der Waals surface area contributed by atoms with E-state index in [-0.39, 0.29) is 17.8 Å². The Bertz CT molecular complexity index is 350. The number of piperazine rings is 1. The minimum absolute atomic E-state index is 0.0191. The van der Waals surface area contributed by atoms with Gasteiger partial charge in [-0.25, -0.2) is 4.39 Å². The van der Waals surface area contributed by atoms with Gasteiger partial charge in [-0.05, 0) is 24.1 Å². The number of hydrogen-bond acceptors (Lipinski definition) is 2. The van der Waals surface area contributed by atoms with Gasteiger partial charge in [-0.2, -0.15) is 0 Å². The van der Waals surface area contributed by atoms with Crippen LogP contribution in [0.3, 0.4) is 0 Å². The zero-order valence-corrected chi connectivity index (χ0v) is 8.29. The van der Waals surface area contributed by atoms with Crippen molar-refractivity contribution in [1.82, 2.24) is 10.6 Å². The highest BCUT2D eigenvalue weighted by atomic mass is 19.1. The van der Waals surface area contributed by atoms with Crippen molar-refractivity contribution in [2.75, 3.05) is 13.1 Å². The minimum atomic E-state index is -0.250. The Balaban J connectivity index is 2.01. The molecule has 1 aromatic carbocycles. The first-order valence-corrected chi connectivity index (χ1v) is 5.01. The maximum atomic E-state index is 12.6. The molecule has 0 saturated carbocycles. The topological polar surface area (TPSA) is 41.1 Å². The Morgan fingerprint density at radius 3 is 2.67 bits per heavy atom. The molecule has 0 radical (unpaired) electrons. The van der Waals surface area contributed by atoms with Gasteiger partial charge in [-0.1, -0.05) is 12.1 Å². The quantitative estimate of drug-likeness (QED) is 0.741. The lowest BCUT2D eigenvalue weighted by Gasteiger charge is -2.23. The minimum Gasteiger partial charge on any atom is -0.353 e. The summed E-state index contributed by atoms with van der Waals surface area (Å²) in [5.41, 5.74) is 0.964. The van der Waals surface area contributed by atoms with Gasteiger partial charge in [0.05, 0.1) is 6.04 Å². The molecule has 1 atom stereocenters. The van der Waals surface area contributed by atoms with Crippen molar-refractivity contribution in [1.29, 1.82) is 0 Å². The summed E-state index contributed by atoms with van der Waals surface area (Å²) in [5.74, 6) is -0.231. The van der Waals surface area contributed by atoms with Gasteiger partial charge in [-0.3, -0.25) is 4.79 Å².